The Morgan fingerprint density at radius 3 is 2.67 bits per heavy atom. The summed E-state index contributed by atoms with van der Waals surface area (Å²) in [6.45, 7) is 10.9. The van der Waals surface area contributed by atoms with E-state index in [-0.39, 0.29) is 5.54 Å². The molecule has 1 aromatic heterocycles. The van der Waals surface area contributed by atoms with E-state index < -0.39 is 0 Å². The summed E-state index contributed by atoms with van der Waals surface area (Å²) >= 11 is 0. The molecule has 1 N–H and O–H groups in total. The van der Waals surface area contributed by atoms with Crippen molar-refractivity contribution in [2.45, 2.75) is 52.6 Å². The number of rotatable bonds is 7. The van der Waals surface area contributed by atoms with Crippen LogP contribution in [0.25, 0.3) is 0 Å². The number of hydrogen-bond acceptors (Lipinski definition) is 3. The van der Waals surface area contributed by atoms with Crippen molar-refractivity contribution < 1.29 is 0 Å². The molecule has 0 aliphatic rings. The first-order valence-electron chi connectivity index (χ1n) is 6.90. The van der Waals surface area contributed by atoms with Gasteiger partial charge in [0.05, 0.1) is 11.9 Å². The fourth-order valence-corrected chi connectivity index (χ4v) is 1.83. The fourth-order valence-electron chi connectivity index (χ4n) is 1.83. The van der Waals surface area contributed by atoms with Gasteiger partial charge in [0.15, 0.2) is 0 Å². The molecule has 0 unspecified atom stereocenters. The molecule has 0 aliphatic carbocycles. The first kappa shape index (κ1) is 15.0. The lowest BCUT2D eigenvalue weighted by atomic mass is 9.98. The minimum atomic E-state index is 0.155. The summed E-state index contributed by atoms with van der Waals surface area (Å²) in [5, 5.41) is 3.46. The highest BCUT2D eigenvalue weighted by Gasteiger charge is 2.23. The molecule has 0 bridgehead atoms. The summed E-state index contributed by atoms with van der Waals surface area (Å²) in [5.41, 5.74) is 2.71. The van der Waals surface area contributed by atoms with Gasteiger partial charge < -0.3 is 10.2 Å². The van der Waals surface area contributed by atoms with E-state index in [1.165, 1.54) is 11.3 Å². The fraction of sp³-hybridized carbons (Fsp3) is 0.667. The number of pyridine rings is 1. The van der Waals surface area contributed by atoms with Crippen LogP contribution in [0.5, 0.6) is 0 Å². The van der Waals surface area contributed by atoms with Crippen molar-refractivity contribution >= 4 is 5.69 Å². The second-order valence-electron chi connectivity index (χ2n) is 5.41. The van der Waals surface area contributed by atoms with Crippen molar-refractivity contribution in [1.29, 1.82) is 0 Å². The van der Waals surface area contributed by atoms with Gasteiger partial charge in [0, 0.05) is 25.3 Å². The quantitative estimate of drug-likeness (QED) is 0.752. The van der Waals surface area contributed by atoms with Crippen molar-refractivity contribution in [3.63, 3.8) is 0 Å². The molecule has 0 saturated carbocycles. The molecule has 1 heterocycles. The van der Waals surface area contributed by atoms with Crippen LogP contribution in [0.2, 0.25) is 0 Å². The van der Waals surface area contributed by atoms with Crippen molar-refractivity contribution in [2.24, 2.45) is 0 Å². The first-order valence-corrected chi connectivity index (χ1v) is 6.90. The molecular weight excluding hydrogens is 222 g/mol. The van der Waals surface area contributed by atoms with Gasteiger partial charge in [-0.05, 0) is 44.9 Å². The topological polar surface area (TPSA) is 28.2 Å². The van der Waals surface area contributed by atoms with Crippen LogP contribution in [0, 0.1) is 0 Å². The molecule has 102 valence electrons. The maximum Gasteiger partial charge on any atom is 0.0600 e. The monoisotopic (exact) mass is 249 g/mol. The molecule has 1 aromatic rings. The lowest BCUT2D eigenvalue weighted by Gasteiger charge is -2.37. The van der Waals surface area contributed by atoms with Gasteiger partial charge in [0.1, 0.15) is 0 Å². The minimum absolute atomic E-state index is 0.155. The molecule has 0 aromatic carbocycles. The summed E-state index contributed by atoms with van der Waals surface area (Å²) in [6.07, 6.45) is 6.12. The third kappa shape index (κ3) is 3.70. The van der Waals surface area contributed by atoms with Crippen molar-refractivity contribution in [2.75, 3.05) is 18.5 Å². The van der Waals surface area contributed by atoms with E-state index in [0.717, 1.165) is 25.9 Å². The van der Waals surface area contributed by atoms with Gasteiger partial charge in [-0.1, -0.05) is 13.8 Å². The summed E-state index contributed by atoms with van der Waals surface area (Å²) in [4.78, 5) is 6.61. The van der Waals surface area contributed by atoms with Crippen LogP contribution in [0.15, 0.2) is 18.5 Å². The number of anilines is 1. The number of aromatic nitrogens is 1. The Morgan fingerprint density at radius 2 is 2.06 bits per heavy atom. The third-order valence-corrected chi connectivity index (χ3v) is 3.76. The lowest BCUT2D eigenvalue weighted by molar-refractivity contribution is 0.468. The number of hydrogen-bond donors (Lipinski definition) is 1. The molecule has 0 aliphatic heterocycles. The molecule has 0 fully saturated rings. The predicted octanol–water partition coefficient (Wildman–Crippen LogP) is 3.21. The van der Waals surface area contributed by atoms with Crippen molar-refractivity contribution in [1.82, 2.24) is 10.3 Å². The third-order valence-electron chi connectivity index (χ3n) is 3.76. The average molecular weight is 249 g/mol. The number of nitrogens with zero attached hydrogens (tertiary/aromatic N) is 2. The van der Waals surface area contributed by atoms with Crippen LogP contribution in [0.4, 0.5) is 5.69 Å². The van der Waals surface area contributed by atoms with Crippen molar-refractivity contribution in [3.8, 4) is 0 Å². The van der Waals surface area contributed by atoms with Gasteiger partial charge in [-0.3, -0.25) is 4.98 Å². The molecule has 0 radical (unpaired) electrons. The summed E-state index contributed by atoms with van der Waals surface area (Å²) < 4.78 is 0. The Balaban J connectivity index is 2.87. The SMILES string of the molecule is CCCNCc1ccncc1N(C)C(C)(C)CC. The van der Waals surface area contributed by atoms with E-state index >= 15 is 0 Å². The van der Waals surface area contributed by atoms with Crippen LogP contribution in [0.1, 0.15) is 46.1 Å². The molecular formula is C15H27N3. The zero-order chi connectivity index (χ0) is 13.6. The van der Waals surface area contributed by atoms with Crippen molar-refractivity contribution in [3.05, 3.63) is 24.0 Å². The predicted molar refractivity (Wildman–Crippen MR) is 79.0 cm³/mol. The molecule has 0 amide bonds. The second-order valence-corrected chi connectivity index (χ2v) is 5.41. The second kappa shape index (κ2) is 6.74. The molecule has 0 atom stereocenters. The Labute approximate surface area is 112 Å². The van der Waals surface area contributed by atoms with Gasteiger partial charge in [0.25, 0.3) is 0 Å². The van der Waals surface area contributed by atoms with Gasteiger partial charge >= 0.3 is 0 Å². The Bertz CT molecular complexity index is 361. The summed E-state index contributed by atoms with van der Waals surface area (Å²) in [7, 11) is 2.16. The van der Waals surface area contributed by atoms with Crippen LogP contribution >= 0.6 is 0 Å². The zero-order valence-electron chi connectivity index (χ0n) is 12.5. The zero-order valence-corrected chi connectivity index (χ0v) is 12.5. The summed E-state index contributed by atoms with van der Waals surface area (Å²) in [5.74, 6) is 0. The van der Waals surface area contributed by atoms with Crippen LogP contribution in [-0.2, 0) is 6.54 Å². The van der Waals surface area contributed by atoms with Gasteiger partial charge in [-0.2, -0.15) is 0 Å². The smallest absolute Gasteiger partial charge is 0.0600 e. The highest BCUT2D eigenvalue weighted by atomic mass is 15.2. The van der Waals surface area contributed by atoms with Crippen LogP contribution in [0.3, 0.4) is 0 Å². The van der Waals surface area contributed by atoms with E-state index in [4.69, 9.17) is 0 Å². The van der Waals surface area contributed by atoms with E-state index in [0.29, 0.717) is 0 Å². The largest absolute Gasteiger partial charge is 0.368 e. The Kier molecular flexibility index (Phi) is 5.60. The first-order chi connectivity index (χ1) is 8.53. The highest BCUT2D eigenvalue weighted by molar-refractivity contribution is 5.52. The molecule has 1 rings (SSSR count). The standard InChI is InChI=1S/C15H27N3/c1-6-9-16-11-13-8-10-17-12-14(13)18(5)15(3,4)7-2/h8,10,12,16H,6-7,9,11H2,1-5H3. The van der Waals surface area contributed by atoms with Crippen LogP contribution < -0.4 is 10.2 Å². The molecule has 0 spiro atoms. The van der Waals surface area contributed by atoms with E-state index in [9.17, 15) is 0 Å². The maximum atomic E-state index is 4.27. The Morgan fingerprint density at radius 1 is 1.33 bits per heavy atom. The van der Waals surface area contributed by atoms with Gasteiger partial charge in [-0.15, -0.1) is 0 Å². The molecule has 18 heavy (non-hydrogen) atoms. The number of nitrogens with one attached hydrogen (secondary N) is 1. The maximum absolute atomic E-state index is 4.27. The van der Waals surface area contributed by atoms with Gasteiger partial charge in [-0.25, -0.2) is 0 Å². The normalized spacial score (nSPS) is 11.6. The van der Waals surface area contributed by atoms with Gasteiger partial charge in [0.2, 0.25) is 0 Å². The van der Waals surface area contributed by atoms with E-state index in [1.54, 1.807) is 0 Å². The average Bonchev–Trinajstić information content (AvgIpc) is 2.39. The lowest BCUT2D eigenvalue weighted by Crippen LogP contribution is -2.41. The molecule has 3 heteroatoms. The summed E-state index contributed by atoms with van der Waals surface area (Å²) in [6, 6.07) is 2.11. The molecule has 3 nitrogen and oxygen atoms in total. The van der Waals surface area contributed by atoms with E-state index in [2.05, 4.69) is 56.0 Å². The minimum Gasteiger partial charge on any atom is -0.368 e. The highest BCUT2D eigenvalue weighted by Crippen LogP contribution is 2.27. The van der Waals surface area contributed by atoms with Crippen LogP contribution in [-0.4, -0.2) is 24.1 Å². The Hall–Kier alpha value is -1.09. The molecule has 0 saturated heterocycles. The van der Waals surface area contributed by atoms with E-state index in [1.807, 2.05) is 12.4 Å².